The van der Waals surface area contributed by atoms with Crippen molar-refractivity contribution in [3.05, 3.63) is 119 Å². The molecule has 2 aliphatic heterocycles. The maximum absolute atomic E-state index is 14.6. The van der Waals surface area contributed by atoms with Crippen LogP contribution in [0.2, 0.25) is 5.02 Å². The summed E-state index contributed by atoms with van der Waals surface area (Å²) in [6, 6.07) is 23.7. The highest BCUT2D eigenvalue weighted by atomic mass is 35.5. The van der Waals surface area contributed by atoms with Crippen LogP contribution < -0.4 is 24.6 Å². The Morgan fingerprint density at radius 2 is 1.49 bits per heavy atom. The second-order valence-electron chi connectivity index (χ2n) is 14.5. The highest BCUT2D eigenvalue weighted by Crippen LogP contribution is 2.61. The Balaban J connectivity index is 1.18. The summed E-state index contributed by atoms with van der Waals surface area (Å²) in [5.74, 6) is -5.68. The molecule has 3 fully saturated rings. The number of para-hydroxylation sites is 1. The summed E-state index contributed by atoms with van der Waals surface area (Å²) in [5, 5.41) is 13.6. The number of imide groups is 2. The number of methoxy groups -OCH3 is 2. The molecular weight excluding hydrogens is 725 g/mol. The average molecular weight is 762 g/mol. The van der Waals surface area contributed by atoms with E-state index in [9.17, 15) is 28.7 Å². The number of rotatable bonds is 8. The van der Waals surface area contributed by atoms with E-state index < -0.39 is 52.6 Å². The van der Waals surface area contributed by atoms with Gasteiger partial charge >= 0.3 is 0 Å². The second kappa shape index (κ2) is 13.7. The van der Waals surface area contributed by atoms with Crippen LogP contribution in [0.4, 0.5) is 27.1 Å². The van der Waals surface area contributed by atoms with Crippen LogP contribution in [0.5, 0.6) is 17.2 Å². The first-order valence-corrected chi connectivity index (χ1v) is 18.3. The number of hydrogen-bond donors (Lipinski definition) is 2. The van der Waals surface area contributed by atoms with Crippen molar-refractivity contribution >= 4 is 64.1 Å². The first-order valence-electron chi connectivity index (χ1n) is 17.9. The predicted octanol–water partition coefficient (Wildman–Crippen LogP) is 7.93. The van der Waals surface area contributed by atoms with Crippen molar-refractivity contribution in [1.82, 2.24) is 0 Å². The van der Waals surface area contributed by atoms with E-state index in [0.717, 1.165) is 27.9 Å². The summed E-state index contributed by atoms with van der Waals surface area (Å²) in [5.41, 5.74) is 2.34. The third-order valence-electron chi connectivity index (χ3n) is 11.7. The number of amides is 4. The van der Waals surface area contributed by atoms with Gasteiger partial charge < -0.3 is 19.9 Å². The lowest BCUT2D eigenvalue weighted by molar-refractivity contribution is -0.132. The minimum atomic E-state index is -1.32. The number of ether oxygens (including phenoxy) is 2. The van der Waals surface area contributed by atoms with E-state index in [-0.39, 0.29) is 52.6 Å². The molecule has 8 rings (SSSR count). The second-order valence-corrected chi connectivity index (χ2v) is 14.9. The summed E-state index contributed by atoms with van der Waals surface area (Å²) in [6.45, 7) is 1.75. The normalized spacial score (nSPS) is 25.8. The number of anilines is 4. The van der Waals surface area contributed by atoms with Gasteiger partial charge in [0.15, 0.2) is 11.5 Å². The zero-order valence-electron chi connectivity index (χ0n) is 30.2. The van der Waals surface area contributed by atoms with Gasteiger partial charge in [0.2, 0.25) is 29.4 Å². The van der Waals surface area contributed by atoms with Crippen molar-refractivity contribution in [3.63, 3.8) is 0 Å². The van der Waals surface area contributed by atoms with Crippen LogP contribution in [0.15, 0.2) is 103 Å². The molecule has 0 aromatic heterocycles. The Bertz CT molecular complexity index is 2290. The van der Waals surface area contributed by atoms with Crippen LogP contribution in [0.3, 0.4) is 0 Å². The molecule has 4 amide bonds. The number of allylic oxidation sites excluding steroid dienone is 3. The van der Waals surface area contributed by atoms with Gasteiger partial charge in [0.25, 0.3) is 0 Å². The van der Waals surface area contributed by atoms with Crippen LogP contribution >= 0.6 is 11.6 Å². The molecule has 2 saturated heterocycles. The molecule has 0 bridgehead atoms. The largest absolute Gasteiger partial charge is 0.502 e. The van der Waals surface area contributed by atoms with Gasteiger partial charge in [0.05, 0.1) is 53.8 Å². The van der Waals surface area contributed by atoms with Crippen LogP contribution in [0.25, 0.3) is 6.08 Å². The molecule has 12 heteroatoms. The number of aromatic hydroxyl groups is 1. The minimum absolute atomic E-state index is 0.145. The van der Waals surface area contributed by atoms with Crippen LogP contribution in [0.1, 0.15) is 25.3 Å². The van der Waals surface area contributed by atoms with Gasteiger partial charge in [-0.2, -0.15) is 0 Å². The number of fused-ring (bicyclic) bond motifs is 4. The first-order chi connectivity index (χ1) is 26.5. The van der Waals surface area contributed by atoms with Crippen molar-refractivity contribution in [2.75, 3.05) is 29.3 Å². The zero-order chi connectivity index (χ0) is 38.8. The Kier molecular flexibility index (Phi) is 9.00. The van der Waals surface area contributed by atoms with Crippen LogP contribution in [-0.2, 0) is 19.2 Å². The summed E-state index contributed by atoms with van der Waals surface area (Å²) in [6.07, 6.45) is 5.98. The molecule has 0 radical (unpaired) electrons. The molecule has 55 heavy (non-hydrogen) atoms. The fraction of sp³-hybridized carbons (Fsp3) is 0.256. The third-order valence-corrected chi connectivity index (χ3v) is 12.0. The quantitative estimate of drug-likeness (QED) is 0.137. The van der Waals surface area contributed by atoms with E-state index in [1.807, 2.05) is 54.6 Å². The highest BCUT2D eigenvalue weighted by molar-refractivity contribution is 6.32. The standard InChI is InChI=1S/C43H37ClFN3O7/c1-43-31(17-9-23-19-35(54-2)38(49)36(20-23)55-3)28-15-16-29-37(30(28)22-32(43)40(51)48(42(43)53)27-14-18-34(45)33(44)21-27)41(52)47(39(29)50)26-12-10-25(11-13-26)46-24-7-5-4-6-8-24/h4-15,17-21,29-32,37,46,49H,16,22H2,1-3H3. The number of carbonyl (C=O) groups is 4. The molecule has 2 N–H and O–H groups in total. The van der Waals surface area contributed by atoms with Gasteiger partial charge in [0.1, 0.15) is 5.82 Å². The van der Waals surface area contributed by atoms with Gasteiger partial charge in [-0.1, -0.05) is 53.6 Å². The van der Waals surface area contributed by atoms with Gasteiger partial charge in [0, 0.05) is 17.3 Å². The number of carbonyl (C=O) groups excluding carboxylic acids is 4. The fourth-order valence-electron chi connectivity index (χ4n) is 8.94. The number of benzene rings is 4. The summed E-state index contributed by atoms with van der Waals surface area (Å²) >= 11 is 6.12. The number of nitrogens with one attached hydrogen (secondary N) is 1. The number of hydrogen-bond acceptors (Lipinski definition) is 8. The summed E-state index contributed by atoms with van der Waals surface area (Å²) in [4.78, 5) is 60.0. The lowest BCUT2D eigenvalue weighted by Crippen LogP contribution is -2.49. The molecule has 6 unspecified atom stereocenters. The first kappa shape index (κ1) is 36.1. The van der Waals surface area contributed by atoms with E-state index in [4.69, 9.17) is 21.1 Å². The van der Waals surface area contributed by atoms with E-state index in [0.29, 0.717) is 11.3 Å². The van der Waals surface area contributed by atoms with Crippen molar-refractivity contribution < 1.29 is 38.1 Å². The van der Waals surface area contributed by atoms with Gasteiger partial charge in [-0.3, -0.25) is 24.1 Å². The van der Waals surface area contributed by atoms with E-state index in [2.05, 4.69) is 5.32 Å². The Hall–Kier alpha value is -5.94. The van der Waals surface area contributed by atoms with E-state index in [1.54, 1.807) is 37.3 Å². The molecule has 2 aliphatic carbocycles. The lowest BCUT2D eigenvalue weighted by Gasteiger charge is -2.47. The predicted molar refractivity (Wildman–Crippen MR) is 206 cm³/mol. The maximum atomic E-state index is 14.6. The monoisotopic (exact) mass is 761 g/mol. The van der Waals surface area contributed by atoms with E-state index >= 15 is 0 Å². The summed E-state index contributed by atoms with van der Waals surface area (Å²) in [7, 11) is 2.84. The summed E-state index contributed by atoms with van der Waals surface area (Å²) < 4.78 is 24.9. The van der Waals surface area contributed by atoms with Crippen molar-refractivity contribution in [1.29, 1.82) is 0 Å². The number of halogens is 2. The molecule has 280 valence electrons. The maximum Gasteiger partial charge on any atom is 0.241 e. The average Bonchev–Trinajstić information content (AvgIpc) is 3.56. The number of nitrogens with zero attached hydrogens (tertiary/aromatic N) is 2. The molecule has 6 atom stereocenters. The molecule has 0 spiro atoms. The SMILES string of the molecule is COc1cc(C=CC2C3=CCC4C(=O)N(c5ccc(Nc6ccccc6)cc5)C(=O)C4C3CC3C(=O)N(c4ccc(F)c(Cl)c4)C(=O)C23C)cc(OC)c1O. The highest BCUT2D eigenvalue weighted by Gasteiger charge is 2.67. The number of phenols is 1. The smallest absolute Gasteiger partial charge is 0.241 e. The van der Waals surface area contributed by atoms with Crippen LogP contribution in [0, 0.1) is 40.8 Å². The molecular formula is C43H37ClFN3O7. The van der Waals surface area contributed by atoms with Crippen molar-refractivity contribution in [2.24, 2.45) is 35.0 Å². The van der Waals surface area contributed by atoms with Crippen molar-refractivity contribution in [2.45, 2.75) is 19.8 Å². The molecule has 4 aromatic carbocycles. The van der Waals surface area contributed by atoms with Gasteiger partial charge in [-0.25, -0.2) is 9.29 Å². The van der Waals surface area contributed by atoms with Gasteiger partial charge in [-0.05, 0) is 98.0 Å². The Morgan fingerprint density at radius 1 is 0.836 bits per heavy atom. The molecule has 2 heterocycles. The fourth-order valence-corrected chi connectivity index (χ4v) is 9.12. The Morgan fingerprint density at radius 3 is 2.15 bits per heavy atom. The van der Waals surface area contributed by atoms with Gasteiger partial charge in [-0.15, -0.1) is 0 Å². The molecule has 4 aliphatic rings. The van der Waals surface area contributed by atoms with E-state index in [1.165, 1.54) is 31.3 Å². The van der Waals surface area contributed by atoms with Crippen LogP contribution in [-0.4, -0.2) is 43.0 Å². The zero-order valence-corrected chi connectivity index (χ0v) is 30.9. The molecule has 4 aromatic rings. The number of phenolic OH excluding ortho intramolecular Hbond substituents is 1. The third kappa shape index (κ3) is 5.76. The Labute approximate surface area is 321 Å². The molecule has 1 saturated carbocycles. The van der Waals surface area contributed by atoms with Crippen molar-refractivity contribution in [3.8, 4) is 17.2 Å². The lowest BCUT2D eigenvalue weighted by atomic mass is 9.52. The molecule has 10 nitrogen and oxygen atoms in total. The topological polar surface area (TPSA) is 125 Å². The minimum Gasteiger partial charge on any atom is -0.502 e.